The first-order valence-electron chi connectivity index (χ1n) is 17.2. The number of rotatable bonds is 8. The quantitative estimate of drug-likeness (QED) is 0.205. The van der Waals surface area contributed by atoms with E-state index in [0.717, 1.165) is 55.6 Å². The van der Waals surface area contributed by atoms with Crippen molar-refractivity contribution in [3.8, 4) is 0 Å². The molecule has 41 heavy (non-hydrogen) atoms. The van der Waals surface area contributed by atoms with Crippen molar-refractivity contribution in [1.29, 1.82) is 0 Å². The van der Waals surface area contributed by atoms with Crippen LogP contribution >= 0.6 is 0 Å². The van der Waals surface area contributed by atoms with E-state index in [4.69, 9.17) is 8.85 Å². The van der Waals surface area contributed by atoms with Crippen LogP contribution in [0.25, 0.3) is 0 Å². The number of carbonyl (C=O) groups is 1. The fourth-order valence-electron chi connectivity index (χ4n) is 9.63. The second-order valence-corrected chi connectivity index (χ2v) is 28.0. The summed E-state index contributed by atoms with van der Waals surface area (Å²) in [6.45, 7) is 31.7. The molecule has 9 atom stereocenters. The number of hydrogen-bond acceptors (Lipinski definition) is 3. The van der Waals surface area contributed by atoms with Gasteiger partial charge in [-0.25, -0.2) is 0 Å². The number of allylic oxidation sites excluding steroid dienone is 2. The van der Waals surface area contributed by atoms with Crippen LogP contribution in [0.5, 0.6) is 0 Å². The lowest BCUT2D eigenvalue weighted by Crippen LogP contribution is -2.59. The van der Waals surface area contributed by atoms with Gasteiger partial charge in [-0.2, -0.15) is 0 Å². The van der Waals surface area contributed by atoms with Crippen molar-refractivity contribution >= 4 is 22.9 Å². The molecule has 0 bridgehead atoms. The van der Waals surface area contributed by atoms with Crippen molar-refractivity contribution in [3.05, 3.63) is 11.8 Å². The topological polar surface area (TPSA) is 35.5 Å². The largest absolute Gasteiger partial charge is 0.547 e. The minimum Gasteiger partial charge on any atom is -0.547 e. The van der Waals surface area contributed by atoms with Crippen LogP contribution in [-0.4, -0.2) is 29.0 Å². The van der Waals surface area contributed by atoms with E-state index in [0.29, 0.717) is 23.4 Å². The SMILES string of the molecule is C[C@H](CCC=O)[C@H]1CC[C@H]2[C@@H]3C[C@H](O[Si](C)(C)C(C)(C)C)[C@@H]4CC(O[Si](C)(C)C(C)(C)C)=CC[C@]4(C)[C@H]3CC[C@]12C. The highest BCUT2D eigenvalue weighted by Gasteiger charge is 2.63. The van der Waals surface area contributed by atoms with Gasteiger partial charge in [-0.05, 0) is 134 Å². The summed E-state index contributed by atoms with van der Waals surface area (Å²) < 4.78 is 14.5. The Hall–Kier alpha value is -0.396. The monoisotopic (exact) mass is 602 g/mol. The van der Waals surface area contributed by atoms with Gasteiger partial charge in [0.1, 0.15) is 6.29 Å². The highest BCUT2D eigenvalue weighted by molar-refractivity contribution is 6.74. The van der Waals surface area contributed by atoms with Crippen LogP contribution in [0, 0.1) is 46.3 Å². The number of hydrogen-bond donors (Lipinski definition) is 0. The van der Waals surface area contributed by atoms with E-state index in [1.807, 2.05) is 0 Å². The van der Waals surface area contributed by atoms with E-state index in [1.54, 1.807) is 0 Å². The molecular formula is C36H66O3Si2. The molecule has 0 aromatic carbocycles. The molecule has 4 aliphatic rings. The lowest BCUT2D eigenvalue weighted by atomic mass is 9.44. The first-order chi connectivity index (χ1) is 18.7. The molecule has 0 radical (unpaired) electrons. The van der Waals surface area contributed by atoms with Gasteiger partial charge in [0.2, 0.25) is 8.32 Å². The zero-order valence-corrected chi connectivity index (χ0v) is 31.3. The molecule has 3 nitrogen and oxygen atoms in total. The molecule has 0 aromatic rings. The van der Waals surface area contributed by atoms with Crippen molar-refractivity contribution in [2.24, 2.45) is 46.3 Å². The van der Waals surface area contributed by atoms with E-state index in [2.05, 4.69) is 94.6 Å². The summed E-state index contributed by atoms with van der Waals surface area (Å²) in [5.74, 6) is 5.54. The Morgan fingerprint density at radius 1 is 0.927 bits per heavy atom. The Morgan fingerprint density at radius 2 is 1.54 bits per heavy atom. The maximum atomic E-state index is 11.2. The zero-order valence-electron chi connectivity index (χ0n) is 29.3. The molecule has 0 aliphatic heterocycles. The summed E-state index contributed by atoms with van der Waals surface area (Å²) in [4.78, 5) is 11.2. The maximum absolute atomic E-state index is 11.2. The number of carbonyl (C=O) groups excluding carboxylic acids is 1. The fourth-order valence-corrected chi connectivity index (χ4v) is 12.1. The molecule has 0 aromatic heterocycles. The summed E-state index contributed by atoms with van der Waals surface area (Å²) in [5, 5.41) is 0.414. The summed E-state index contributed by atoms with van der Waals surface area (Å²) in [7, 11) is -3.82. The molecule has 0 amide bonds. The summed E-state index contributed by atoms with van der Waals surface area (Å²) in [6.07, 6.45) is 14.6. The van der Waals surface area contributed by atoms with E-state index in [-0.39, 0.29) is 15.5 Å². The van der Waals surface area contributed by atoms with E-state index in [1.165, 1.54) is 37.9 Å². The summed E-state index contributed by atoms with van der Waals surface area (Å²) in [5.41, 5.74) is 0.689. The fraction of sp³-hybridized carbons (Fsp3) is 0.917. The average Bonchev–Trinajstić information content (AvgIpc) is 3.19. The highest BCUT2D eigenvalue weighted by Crippen LogP contribution is 2.69. The Kier molecular flexibility index (Phi) is 9.15. The van der Waals surface area contributed by atoms with Gasteiger partial charge in [-0.15, -0.1) is 0 Å². The molecule has 0 saturated heterocycles. The lowest BCUT2D eigenvalue weighted by Gasteiger charge is -2.63. The van der Waals surface area contributed by atoms with Crippen molar-refractivity contribution in [2.45, 2.75) is 162 Å². The molecule has 4 rings (SSSR count). The predicted molar refractivity (Wildman–Crippen MR) is 179 cm³/mol. The van der Waals surface area contributed by atoms with Crippen LogP contribution < -0.4 is 0 Å². The van der Waals surface area contributed by atoms with Crippen LogP contribution in [-0.2, 0) is 13.6 Å². The van der Waals surface area contributed by atoms with Crippen LogP contribution in [0.2, 0.25) is 36.3 Å². The van der Waals surface area contributed by atoms with E-state index >= 15 is 0 Å². The summed E-state index contributed by atoms with van der Waals surface area (Å²) >= 11 is 0. The van der Waals surface area contributed by atoms with Gasteiger partial charge in [0.25, 0.3) is 0 Å². The molecule has 0 N–H and O–H groups in total. The molecule has 236 valence electrons. The third-order valence-corrected chi connectivity index (χ3v) is 23.1. The minimum absolute atomic E-state index is 0.207. The van der Waals surface area contributed by atoms with E-state index in [9.17, 15) is 4.79 Å². The molecular weight excluding hydrogens is 537 g/mol. The van der Waals surface area contributed by atoms with Crippen molar-refractivity contribution in [1.82, 2.24) is 0 Å². The van der Waals surface area contributed by atoms with Gasteiger partial charge in [0.15, 0.2) is 8.32 Å². The molecule has 0 unspecified atom stereocenters. The first-order valence-corrected chi connectivity index (χ1v) is 23.0. The van der Waals surface area contributed by atoms with Crippen LogP contribution in [0.1, 0.15) is 120 Å². The van der Waals surface area contributed by atoms with Crippen LogP contribution in [0.15, 0.2) is 11.8 Å². The normalized spacial score (nSPS) is 38.8. The third-order valence-electron chi connectivity index (χ3n) is 14.2. The predicted octanol–water partition coefficient (Wildman–Crippen LogP) is 10.8. The lowest BCUT2D eigenvalue weighted by molar-refractivity contribution is -0.145. The van der Waals surface area contributed by atoms with Gasteiger partial charge < -0.3 is 13.6 Å². The second kappa shape index (κ2) is 11.2. The van der Waals surface area contributed by atoms with Crippen LogP contribution in [0.4, 0.5) is 0 Å². The molecule has 3 saturated carbocycles. The summed E-state index contributed by atoms with van der Waals surface area (Å²) in [6, 6.07) is 0. The molecule has 0 spiro atoms. The molecule has 5 heteroatoms. The highest BCUT2D eigenvalue weighted by atomic mass is 28.4. The van der Waals surface area contributed by atoms with Gasteiger partial charge in [-0.1, -0.05) is 62.3 Å². The van der Waals surface area contributed by atoms with Crippen molar-refractivity contribution < 1.29 is 13.6 Å². The zero-order chi connectivity index (χ0) is 30.8. The van der Waals surface area contributed by atoms with Crippen LogP contribution in [0.3, 0.4) is 0 Å². The van der Waals surface area contributed by atoms with Crippen molar-refractivity contribution in [3.63, 3.8) is 0 Å². The minimum atomic E-state index is -1.94. The first kappa shape index (κ1) is 33.5. The van der Waals surface area contributed by atoms with Gasteiger partial charge in [0.05, 0.1) is 5.76 Å². The second-order valence-electron chi connectivity index (χ2n) is 18.5. The smallest absolute Gasteiger partial charge is 0.250 e. The van der Waals surface area contributed by atoms with Gasteiger partial charge in [0, 0.05) is 18.9 Å². The Balaban J connectivity index is 1.68. The number of fused-ring (bicyclic) bond motifs is 5. The third kappa shape index (κ3) is 6.00. The molecule has 3 fully saturated rings. The Labute approximate surface area is 256 Å². The molecule has 4 aliphatic carbocycles. The Bertz CT molecular complexity index is 988. The maximum Gasteiger partial charge on any atom is 0.250 e. The average molecular weight is 603 g/mol. The Morgan fingerprint density at radius 3 is 2.12 bits per heavy atom. The standard InChI is InChI=1S/C36H66O3Si2/c1-25(15-14-22-37)28-16-17-29-27-24-32(39-41(12,13)34(5,6)7)31-23-26(38-40(10,11)33(2,3)4)18-20-36(31,9)30(27)19-21-35(28,29)8/h18,22,25,27-32H,14-17,19-21,23-24H2,1-13H3/t25-,27+,28-,29+,30+,31+,32+,35-,36-/m1/s1. The molecule has 0 heterocycles. The van der Waals surface area contributed by atoms with Gasteiger partial charge in [-0.3, -0.25) is 0 Å². The van der Waals surface area contributed by atoms with E-state index < -0.39 is 16.6 Å². The number of aldehydes is 1. The van der Waals surface area contributed by atoms with Crippen molar-refractivity contribution in [2.75, 3.05) is 0 Å². The van der Waals surface area contributed by atoms with Gasteiger partial charge >= 0.3 is 0 Å².